The minimum absolute atomic E-state index is 0.856. The minimum atomic E-state index is 0.856. The van der Waals surface area contributed by atoms with Crippen LogP contribution >= 0.6 is 0 Å². The van der Waals surface area contributed by atoms with E-state index in [-0.39, 0.29) is 0 Å². The summed E-state index contributed by atoms with van der Waals surface area (Å²) >= 11 is 0. The van der Waals surface area contributed by atoms with E-state index in [9.17, 15) is 0 Å². The zero-order valence-electron chi connectivity index (χ0n) is 17.2. The van der Waals surface area contributed by atoms with Gasteiger partial charge in [-0.1, -0.05) is 61.9 Å². The Balaban J connectivity index is 2.02. The quantitative estimate of drug-likeness (QED) is 0.360. The van der Waals surface area contributed by atoms with E-state index in [1.54, 1.807) is 14.2 Å². The first-order chi connectivity index (χ1) is 14.2. The van der Waals surface area contributed by atoms with Crippen LogP contribution in [0, 0.1) is 6.07 Å². The summed E-state index contributed by atoms with van der Waals surface area (Å²) in [6, 6.07) is 28.9. The first-order valence-electron chi connectivity index (χ1n) is 10.0. The molecule has 0 aliphatic rings. The topological polar surface area (TPSA) is 18.5 Å². The van der Waals surface area contributed by atoms with Gasteiger partial charge in [0, 0.05) is 0 Å². The second-order valence-electron chi connectivity index (χ2n) is 7.11. The minimum Gasteiger partial charge on any atom is -0.497 e. The van der Waals surface area contributed by atoms with Crippen LogP contribution in [0.15, 0.2) is 72.8 Å². The van der Waals surface area contributed by atoms with Crippen LogP contribution in [-0.4, -0.2) is 14.2 Å². The van der Waals surface area contributed by atoms with Gasteiger partial charge in [0.25, 0.3) is 0 Å². The van der Waals surface area contributed by atoms with Crippen molar-refractivity contribution in [1.29, 1.82) is 0 Å². The highest BCUT2D eigenvalue weighted by atomic mass is 16.5. The van der Waals surface area contributed by atoms with Gasteiger partial charge in [-0.05, 0) is 75.3 Å². The summed E-state index contributed by atoms with van der Waals surface area (Å²) in [5.41, 5.74) is 5.89. The Bertz CT molecular complexity index is 1110. The average Bonchev–Trinajstić information content (AvgIpc) is 2.79. The van der Waals surface area contributed by atoms with Crippen LogP contribution in [0.3, 0.4) is 0 Å². The van der Waals surface area contributed by atoms with Crippen molar-refractivity contribution >= 4 is 10.8 Å². The van der Waals surface area contributed by atoms with Gasteiger partial charge in [0.1, 0.15) is 11.5 Å². The first kappa shape index (κ1) is 19.1. The summed E-state index contributed by atoms with van der Waals surface area (Å²) in [6.45, 7) is 2.22. The molecule has 0 spiro atoms. The molecule has 145 valence electrons. The van der Waals surface area contributed by atoms with Crippen molar-refractivity contribution in [3.05, 3.63) is 84.4 Å². The van der Waals surface area contributed by atoms with Crippen molar-refractivity contribution in [1.82, 2.24) is 0 Å². The summed E-state index contributed by atoms with van der Waals surface area (Å²) in [5, 5.41) is 2.53. The Kier molecular flexibility index (Phi) is 5.53. The normalized spacial score (nSPS) is 10.9. The molecule has 1 radical (unpaired) electrons. The Hall–Kier alpha value is -3.26. The fraction of sp³-hybridized carbons (Fsp3) is 0.185. The fourth-order valence-corrected chi connectivity index (χ4v) is 3.86. The molecule has 2 nitrogen and oxygen atoms in total. The van der Waals surface area contributed by atoms with Crippen LogP contribution < -0.4 is 9.47 Å². The molecule has 0 saturated heterocycles. The number of aryl methyl sites for hydroxylation is 1. The highest BCUT2D eigenvalue weighted by molar-refractivity contribution is 6.05. The molecular formula is C27H25O2. The smallest absolute Gasteiger partial charge is 0.118 e. The zero-order valence-corrected chi connectivity index (χ0v) is 17.2. The van der Waals surface area contributed by atoms with Crippen LogP contribution in [0.1, 0.15) is 18.9 Å². The predicted octanol–water partition coefficient (Wildman–Crippen LogP) is 6.94. The van der Waals surface area contributed by atoms with Crippen molar-refractivity contribution in [2.75, 3.05) is 14.2 Å². The molecule has 0 aliphatic carbocycles. The van der Waals surface area contributed by atoms with Crippen LogP contribution in [0.5, 0.6) is 11.5 Å². The number of methoxy groups -OCH3 is 2. The number of benzene rings is 4. The zero-order chi connectivity index (χ0) is 20.2. The van der Waals surface area contributed by atoms with Gasteiger partial charge in [-0.3, -0.25) is 0 Å². The van der Waals surface area contributed by atoms with Gasteiger partial charge in [0.2, 0.25) is 0 Å². The molecule has 0 saturated carbocycles. The molecule has 0 aliphatic heterocycles. The molecule has 0 bridgehead atoms. The number of hydrogen-bond acceptors (Lipinski definition) is 2. The monoisotopic (exact) mass is 381 g/mol. The maximum atomic E-state index is 5.36. The Labute approximate surface area is 172 Å². The molecule has 4 aromatic carbocycles. The maximum absolute atomic E-state index is 5.36. The van der Waals surface area contributed by atoms with Crippen molar-refractivity contribution in [3.63, 3.8) is 0 Å². The van der Waals surface area contributed by atoms with Crippen LogP contribution in [0.4, 0.5) is 0 Å². The Morgan fingerprint density at radius 2 is 1.24 bits per heavy atom. The van der Waals surface area contributed by atoms with E-state index in [2.05, 4.69) is 61.5 Å². The van der Waals surface area contributed by atoms with E-state index in [0.717, 1.165) is 41.0 Å². The molecule has 0 amide bonds. The maximum Gasteiger partial charge on any atom is 0.118 e. The van der Waals surface area contributed by atoms with Crippen molar-refractivity contribution in [2.24, 2.45) is 0 Å². The molecule has 4 aromatic rings. The van der Waals surface area contributed by atoms with Crippen LogP contribution in [-0.2, 0) is 6.42 Å². The third kappa shape index (κ3) is 3.71. The molecule has 0 aromatic heterocycles. The molecule has 0 fully saturated rings. The summed E-state index contributed by atoms with van der Waals surface area (Å²) in [7, 11) is 3.39. The fourth-order valence-electron chi connectivity index (χ4n) is 3.86. The van der Waals surface area contributed by atoms with Gasteiger partial charge >= 0.3 is 0 Å². The van der Waals surface area contributed by atoms with Crippen molar-refractivity contribution < 1.29 is 9.47 Å². The van der Waals surface area contributed by atoms with E-state index in [1.165, 1.54) is 21.9 Å². The Morgan fingerprint density at radius 1 is 0.690 bits per heavy atom. The predicted molar refractivity (Wildman–Crippen MR) is 121 cm³/mol. The molecule has 2 heteroatoms. The lowest BCUT2D eigenvalue weighted by Crippen LogP contribution is -1.95. The van der Waals surface area contributed by atoms with Gasteiger partial charge in [-0.15, -0.1) is 0 Å². The van der Waals surface area contributed by atoms with E-state index < -0.39 is 0 Å². The Morgan fingerprint density at radius 3 is 1.79 bits per heavy atom. The van der Waals surface area contributed by atoms with Gasteiger partial charge in [-0.2, -0.15) is 0 Å². The first-order valence-corrected chi connectivity index (χ1v) is 10.0. The summed E-state index contributed by atoms with van der Waals surface area (Å²) in [6.07, 6.45) is 2.09. The van der Waals surface area contributed by atoms with E-state index in [1.807, 2.05) is 24.3 Å². The number of hydrogen-bond donors (Lipinski definition) is 0. The second kappa shape index (κ2) is 8.40. The highest BCUT2D eigenvalue weighted by Gasteiger charge is 2.16. The molecule has 29 heavy (non-hydrogen) atoms. The third-order valence-corrected chi connectivity index (χ3v) is 5.30. The lowest BCUT2D eigenvalue weighted by atomic mass is 9.86. The number of ether oxygens (including phenoxy) is 2. The van der Waals surface area contributed by atoms with Gasteiger partial charge < -0.3 is 9.47 Å². The van der Waals surface area contributed by atoms with Gasteiger partial charge in [0.05, 0.1) is 14.2 Å². The largest absolute Gasteiger partial charge is 0.497 e. The van der Waals surface area contributed by atoms with Crippen molar-refractivity contribution in [3.8, 4) is 33.8 Å². The standard InChI is InChI=1S/C27H25O2/c1-4-7-21-18-26(19-10-14-22(28-2)15-11-19)27(25-9-6-5-8-24(21)25)20-12-16-23(29-3)17-13-20/h5-6,8-17H,4,7H2,1-3H3. The second-order valence-corrected chi connectivity index (χ2v) is 7.11. The highest BCUT2D eigenvalue weighted by Crippen LogP contribution is 2.40. The van der Waals surface area contributed by atoms with E-state index in [4.69, 9.17) is 9.47 Å². The molecule has 4 rings (SSSR count). The van der Waals surface area contributed by atoms with E-state index >= 15 is 0 Å². The molecule has 0 N–H and O–H groups in total. The lowest BCUT2D eigenvalue weighted by molar-refractivity contribution is 0.414. The molecular weight excluding hydrogens is 356 g/mol. The third-order valence-electron chi connectivity index (χ3n) is 5.30. The van der Waals surface area contributed by atoms with Crippen molar-refractivity contribution in [2.45, 2.75) is 19.8 Å². The van der Waals surface area contributed by atoms with Gasteiger partial charge in [0.15, 0.2) is 0 Å². The molecule has 0 unspecified atom stereocenters. The average molecular weight is 381 g/mol. The summed E-state index contributed by atoms with van der Waals surface area (Å²) < 4.78 is 10.7. The summed E-state index contributed by atoms with van der Waals surface area (Å²) in [4.78, 5) is 0. The number of fused-ring (bicyclic) bond motifs is 1. The molecule has 0 atom stereocenters. The van der Waals surface area contributed by atoms with Crippen LogP contribution in [0.25, 0.3) is 33.0 Å². The van der Waals surface area contributed by atoms with Gasteiger partial charge in [-0.25, -0.2) is 0 Å². The summed E-state index contributed by atoms with van der Waals surface area (Å²) in [5.74, 6) is 1.71. The molecule has 0 heterocycles. The lowest BCUT2D eigenvalue weighted by Gasteiger charge is -2.17. The van der Waals surface area contributed by atoms with Crippen LogP contribution in [0.2, 0.25) is 0 Å². The van der Waals surface area contributed by atoms with E-state index in [0.29, 0.717) is 0 Å². The number of rotatable bonds is 6. The SMILES string of the molecule is CCCc1[c]c(-c2ccc(OC)cc2)c(-c2ccc(OC)cc2)c2ccccc12.